The van der Waals surface area contributed by atoms with Crippen molar-refractivity contribution in [2.45, 2.75) is 26.2 Å². The first kappa shape index (κ1) is 14.5. The van der Waals surface area contributed by atoms with Gasteiger partial charge in [-0.3, -0.25) is 0 Å². The van der Waals surface area contributed by atoms with Gasteiger partial charge in [0.05, 0.1) is 11.4 Å². The molecule has 2 heteroatoms. The lowest BCUT2D eigenvalue weighted by Crippen LogP contribution is -1.96. The summed E-state index contributed by atoms with van der Waals surface area (Å²) in [5.41, 5.74) is 8.66. The van der Waals surface area contributed by atoms with Gasteiger partial charge in [-0.1, -0.05) is 53.6 Å². The smallest absolute Gasteiger partial charge is 0.0744 e. The second kappa shape index (κ2) is 5.82. The fraction of sp³-hybridized carbons (Fsp3) is 0.190. The molecule has 0 fully saturated rings. The zero-order valence-electron chi connectivity index (χ0n) is 13.1. The van der Waals surface area contributed by atoms with Gasteiger partial charge in [0.2, 0.25) is 0 Å². The number of halogens is 1. The van der Waals surface area contributed by atoms with Gasteiger partial charge in [0.25, 0.3) is 0 Å². The highest BCUT2D eigenvalue weighted by Crippen LogP contribution is 2.34. The first-order chi connectivity index (χ1) is 11.2. The van der Waals surface area contributed by atoms with Crippen LogP contribution in [-0.4, -0.2) is 4.98 Å². The van der Waals surface area contributed by atoms with E-state index in [4.69, 9.17) is 16.6 Å². The molecule has 0 atom stereocenters. The van der Waals surface area contributed by atoms with Crippen molar-refractivity contribution in [2.24, 2.45) is 0 Å². The maximum absolute atomic E-state index is 6.01. The average Bonchev–Trinajstić information content (AvgIpc) is 3.04. The molecule has 114 valence electrons. The van der Waals surface area contributed by atoms with E-state index in [1.807, 2.05) is 24.3 Å². The summed E-state index contributed by atoms with van der Waals surface area (Å²) in [6.07, 6.45) is 3.50. The maximum atomic E-state index is 6.01. The second-order valence-corrected chi connectivity index (χ2v) is 6.66. The Kier molecular flexibility index (Phi) is 3.66. The number of fused-ring (bicyclic) bond motifs is 1. The Morgan fingerprint density at radius 1 is 0.870 bits per heavy atom. The maximum Gasteiger partial charge on any atom is 0.0744 e. The van der Waals surface area contributed by atoms with Crippen molar-refractivity contribution in [2.75, 3.05) is 0 Å². The summed E-state index contributed by atoms with van der Waals surface area (Å²) in [4.78, 5) is 5.00. The van der Waals surface area contributed by atoms with Crippen molar-refractivity contribution in [3.05, 3.63) is 76.3 Å². The summed E-state index contributed by atoms with van der Waals surface area (Å²) >= 11 is 6.01. The standard InChI is InChI=1S/C21H18ClN/c1-14-5-7-16(8-6-14)21-19-4-2-3-17(19)13-20(23-21)15-9-11-18(22)12-10-15/h5-13H,2-4H2,1H3. The molecule has 3 aromatic rings. The number of rotatable bonds is 2. The zero-order valence-corrected chi connectivity index (χ0v) is 13.9. The molecule has 1 heterocycles. The first-order valence-corrected chi connectivity index (χ1v) is 8.44. The van der Waals surface area contributed by atoms with E-state index in [0.29, 0.717) is 0 Å². The quantitative estimate of drug-likeness (QED) is 0.576. The van der Waals surface area contributed by atoms with Crippen LogP contribution >= 0.6 is 11.6 Å². The molecule has 1 aliphatic carbocycles. The lowest BCUT2D eigenvalue weighted by atomic mass is 9.99. The molecule has 0 radical (unpaired) electrons. The van der Waals surface area contributed by atoms with Crippen LogP contribution in [0.2, 0.25) is 5.02 Å². The number of hydrogen-bond acceptors (Lipinski definition) is 1. The number of aromatic nitrogens is 1. The van der Waals surface area contributed by atoms with E-state index in [9.17, 15) is 0 Å². The summed E-state index contributed by atoms with van der Waals surface area (Å²) in [6.45, 7) is 2.12. The van der Waals surface area contributed by atoms with Gasteiger partial charge in [0, 0.05) is 16.1 Å². The Morgan fingerprint density at radius 2 is 1.57 bits per heavy atom. The third-order valence-corrected chi connectivity index (χ3v) is 4.81. The van der Waals surface area contributed by atoms with Crippen LogP contribution in [-0.2, 0) is 12.8 Å². The van der Waals surface area contributed by atoms with Crippen LogP contribution in [0.3, 0.4) is 0 Å². The van der Waals surface area contributed by atoms with Gasteiger partial charge < -0.3 is 0 Å². The molecule has 0 bridgehead atoms. The fourth-order valence-corrected chi connectivity index (χ4v) is 3.43. The van der Waals surface area contributed by atoms with Crippen LogP contribution in [0.5, 0.6) is 0 Å². The van der Waals surface area contributed by atoms with Gasteiger partial charge in [-0.25, -0.2) is 4.98 Å². The van der Waals surface area contributed by atoms with Crippen molar-refractivity contribution >= 4 is 11.6 Å². The number of pyridine rings is 1. The molecule has 1 aromatic heterocycles. The molecule has 0 saturated heterocycles. The van der Waals surface area contributed by atoms with E-state index in [2.05, 4.69) is 37.3 Å². The number of aryl methyl sites for hydroxylation is 2. The number of nitrogens with zero attached hydrogens (tertiary/aromatic N) is 1. The largest absolute Gasteiger partial charge is 0.247 e. The van der Waals surface area contributed by atoms with E-state index in [-0.39, 0.29) is 0 Å². The summed E-state index contributed by atoms with van der Waals surface area (Å²) < 4.78 is 0. The molecule has 0 amide bonds. The highest BCUT2D eigenvalue weighted by Gasteiger charge is 2.19. The third-order valence-electron chi connectivity index (χ3n) is 4.55. The Balaban J connectivity index is 1.88. The lowest BCUT2D eigenvalue weighted by Gasteiger charge is -2.12. The van der Waals surface area contributed by atoms with E-state index >= 15 is 0 Å². The third kappa shape index (κ3) is 2.77. The van der Waals surface area contributed by atoms with Crippen molar-refractivity contribution in [1.29, 1.82) is 0 Å². The minimum atomic E-state index is 0.758. The topological polar surface area (TPSA) is 12.9 Å². The summed E-state index contributed by atoms with van der Waals surface area (Å²) in [7, 11) is 0. The van der Waals surface area contributed by atoms with Crippen molar-refractivity contribution in [1.82, 2.24) is 4.98 Å². The second-order valence-electron chi connectivity index (χ2n) is 6.22. The van der Waals surface area contributed by atoms with Crippen LogP contribution in [0.15, 0.2) is 54.6 Å². The van der Waals surface area contributed by atoms with Crippen molar-refractivity contribution < 1.29 is 0 Å². The van der Waals surface area contributed by atoms with Gasteiger partial charge >= 0.3 is 0 Å². The summed E-state index contributed by atoms with van der Waals surface area (Å²) in [5.74, 6) is 0. The highest BCUT2D eigenvalue weighted by molar-refractivity contribution is 6.30. The molecular weight excluding hydrogens is 302 g/mol. The van der Waals surface area contributed by atoms with E-state index < -0.39 is 0 Å². The normalized spacial score (nSPS) is 13.1. The molecule has 4 rings (SSSR count). The van der Waals surface area contributed by atoms with Crippen LogP contribution in [0, 0.1) is 6.92 Å². The molecule has 0 unspecified atom stereocenters. The van der Waals surface area contributed by atoms with Crippen molar-refractivity contribution in [3.63, 3.8) is 0 Å². The minimum Gasteiger partial charge on any atom is -0.247 e. The summed E-state index contributed by atoms with van der Waals surface area (Å²) in [6, 6.07) is 18.9. The predicted molar refractivity (Wildman–Crippen MR) is 96.9 cm³/mol. The van der Waals surface area contributed by atoms with Crippen LogP contribution in [0.1, 0.15) is 23.1 Å². The number of hydrogen-bond donors (Lipinski definition) is 0. The number of benzene rings is 2. The van der Waals surface area contributed by atoms with Gasteiger partial charge in [-0.15, -0.1) is 0 Å². The molecule has 0 saturated carbocycles. The Hall–Kier alpha value is -2.12. The minimum absolute atomic E-state index is 0.758. The SMILES string of the molecule is Cc1ccc(-c2nc(-c3ccc(Cl)cc3)cc3c2CCC3)cc1. The van der Waals surface area contributed by atoms with Gasteiger partial charge in [0.1, 0.15) is 0 Å². The van der Waals surface area contributed by atoms with Gasteiger partial charge in [0.15, 0.2) is 0 Å². The molecular formula is C21H18ClN. The Labute approximate surface area is 142 Å². The molecule has 2 aromatic carbocycles. The monoisotopic (exact) mass is 319 g/mol. The van der Waals surface area contributed by atoms with E-state index in [1.54, 1.807) is 0 Å². The predicted octanol–water partition coefficient (Wildman–Crippen LogP) is 5.87. The Bertz CT molecular complexity index is 848. The molecule has 1 aliphatic rings. The molecule has 0 spiro atoms. The van der Waals surface area contributed by atoms with E-state index in [0.717, 1.165) is 34.8 Å². The molecule has 1 nitrogen and oxygen atoms in total. The first-order valence-electron chi connectivity index (χ1n) is 8.06. The summed E-state index contributed by atoms with van der Waals surface area (Å²) in [5, 5.41) is 0.758. The average molecular weight is 320 g/mol. The van der Waals surface area contributed by atoms with Crippen LogP contribution < -0.4 is 0 Å². The zero-order chi connectivity index (χ0) is 15.8. The van der Waals surface area contributed by atoms with Crippen LogP contribution in [0.25, 0.3) is 22.5 Å². The fourth-order valence-electron chi connectivity index (χ4n) is 3.30. The van der Waals surface area contributed by atoms with Gasteiger partial charge in [-0.2, -0.15) is 0 Å². The van der Waals surface area contributed by atoms with Gasteiger partial charge in [-0.05, 0) is 55.5 Å². The highest BCUT2D eigenvalue weighted by atomic mass is 35.5. The molecule has 0 N–H and O–H groups in total. The Morgan fingerprint density at radius 3 is 2.30 bits per heavy atom. The van der Waals surface area contributed by atoms with Crippen molar-refractivity contribution in [3.8, 4) is 22.5 Å². The van der Waals surface area contributed by atoms with Crippen LogP contribution in [0.4, 0.5) is 0 Å². The van der Waals surface area contributed by atoms with E-state index in [1.165, 1.54) is 28.7 Å². The lowest BCUT2D eigenvalue weighted by molar-refractivity contribution is 0.911. The molecule has 23 heavy (non-hydrogen) atoms. The molecule has 0 aliphatic heterocycles.